The van der Waals surface area contributed by atoms with Crippen LogP contribution in [0.15, 0.2) is 4.99 Å². The second kappa shape index (κ2) is 11.6. The zero-order chi connectivity index (χ0) is 17.8. The third kappa shape index (κ3) is 6.49. The fourth-order valence-electron chi connectivity index (χ4n) is 3.41. The normalized spacial score (nSPS) is 21.7. The maximum Gasteiger partial charge on any atom is 0.363 e. The molecule has 140 valence electrons. The summed E-state index contributed by atoms with van der Waals surface area (Å²) in [6, 6.07) is -1.13. The number of hydroxylamine groups is 3. The Morgan fingerprint density at radius 2 is 1.75 bits per heavy atom. The van der Waals surface area contributed by atoms with E-state index < -0.39 is 16.7 Å². The lowest BCUT2D eigenvalue weighted by molar-refractivity contribution is -0.803. The first-order valence-corrected chi connectivity index (χ1v) is 9.52. The van der Waals surface area contributed by atoms with Crippen molar-refractivity contribution >= 4 is 11.8 Å². The number of hydrogen-bond donors (Lipinski definition) is 2. The molecule has 0 radical (unpaired) electrons. The van der Waals surface area contributed by atoms with E-state index in [2.05, 4.69) is 11.9 Å². The molecule has 1 aliphatic rings. The summed E-state index contributed by atoms with van der Waals surface area (Å²) in [6.45, 7) is 2.51. The van der Waals surface area contributed by atoms with Crippen molar-refractivity contribution in [2.45, 2.75) is 83.6 Å². The lowest BCUT2D eigenvalue weighted by atomic mass is 10.1. The number of carboxylic acids is 1. The first kappa shape index (κ1) is 21.1. The van der Waals surface area contributed by atoms with Gasteiger partial charge in [-0.3, -0.25) is 0 Å². The molecule has 0 aromatic rings. The summed E-state index contributed by atoms with van der Waals surface area (Å²) >= 11 is 0. The van der Waals surface area contributed by atoms with E-state index in [0.717, 1.165) is 19.3 Å². The summed E-state index contributed by atoms with van der Waals surface area (Å²) in [5, 5.41) is 31.3. The number of unbranched alkanes of at least 4 members (excludes halogenated alkanes) is 8. The van der Waals surface area contributed by atoms with Gasteiger partial charge in [0.05, 0.1) is 6.54 Å². The fourth-order valence-corrected chi connectivity index (χ4v) is 3.41. The Bertz CT molecular complexity index is 400. The molecule has 1 rings (SSSR count). The number of amidine groups is 1. The number of aliphatic imine (C=N–C) groups is 1. The monoisotopic (exact) mass is 342 g/mol. The number of quaternary nitrogens is 1. The molecule has 6 nitrogen and oxygen atoms in total. The predicted octanol–water partition coefficient (Wildman–Crippen LogP) is 3.47. The number of aliphatic carboxylic acids is 1. The molecule has 1 heterocycles. The van der Waals surface area contributed by atoms with Crippen molar-refractivity contribution in [1.82, 2.24) is 0 Å². The maximum atomic E-state index is 12.9. The molecular formula is C18H34N2O4. The molecule has 0 aromatic heterocycles. The number of nitrogens with zero attached hydrogens (tertiary/aromatic N) is 2. The minimum atomic E-state index is -1.14. The highest BCUT2D eigenvalue weighted by atomic mass is 16.6. The summed E-state index contributed by atoms with van der Waals surface area (Å²) in [4.78, 5) is 15.6. The zero-order valence-corrected chi connectivity index (χ0v) is 15.1. The molecule has 2 N–H and O–H groups in total. The van der Waals surface area contributed by atoms with Gasteiger partial charge in [0.1, 0.15) is 6.54 Å². The quantitative estimate of drug-likeness (QED) is 0.287. The van der Waals surface area contributed by atoms with Crippen molar-refractivity contribution < 1.29 is 19.7 Å². The van der Waals surface area contributed by atoms with Crippen molar-refractivity contribution in [2.24, 2.45) is 4.99 Å². The SMILES string of the molecule is CCCCCCCCCCCC1=NCC[N+]1([O-])C(CCO)C(=O)O. The van der Waals surface area contributed by atoms with Gasteiger partial charge >= 0.3 is 5.97 Å². The molecule has 0 fully saturated rings. The summed E-state index contributed by atoms with van der Waals surface area (Å²) < 4.78 is -0.868. The van der Waals surface area contributed by atoms with Gasteiger partial charge in [0.25, 0.3) is 0 Å². The zero-order valence-electron chi connectivity index (χ0n) is 15.1. The third-order valence-corrected chi connectivity index (χ3v) is 4.86. The fraction of sp³-hybridized carbons (Fsp3) is 0.889. The molecule has 0 aliphatic carbocycles. The van der Waals surface area contributed by atoms with E-state index in [-0.39, 0.29) is 19.6 Å². The van der Waals surface area contributed by atoms with Gasteiger partial charge in [-0.05, 0) is 6.42 Å². The van der Waals surface area contributed by atoms with Gasteiger partial charge in [0.15, 0.2) is 11.9 Å². The summed E-state index contributed by atoms with van der Waals surface area (Å²) in [5.74, 6) is -0.681. The highest BCUT2D eigenvalue weighted by Crippen LogP contribution is 2.25. The lowest BCUT2D eigenvalue weighted by Crippen LogP contribution is -2.57. The lowest BCUT2D eigenvalue weighted by Gasteiger charge is -2.43. The van der Waals surface area contributed by atoms with E-state index in [4.69, 9.17) is 5.11 Å². The van der Waals surface area contributed by atoms with Gasteiger partial charge in [0, 0.05) is 19.4 Å². The smallest absolute Gasteiger partial charge is 0.363 e. The maximum absolute atomic E-state index is 12.9. The van der Waals surface area contributed by atoms with Crippen LogP contribution >= 0.6 is 0 Å². The molecule has 2 atom stereocenters. The number of rotatable bonds is 14. The van der Waals surface area contributed by atoms with Gasteiger partial charge in [-0.2, -0.15) is 0 Å². The number of carbonyl (C=O) groups is 1. The van der Waals surface area contributed by atoms with Crippen LogP contribution in [0.4, 0.5) is 0 Å². The van der Waals surface area contributed by atoms with E-state index in [0.29, 0.717) is 18.8 Å². The third-order valence-electron chi connectivity index (χ3n) is 4.86. The molecule has 0 amide bonds. The molecule has 0 bridgehead atoms. The Balaban J connectivity index is 2.30. The largest absolute Gasteiger partial charge is 0.626 e. The first-order valence-electron chi connectivity index (χ1n) is 9.52. The van der Waals surface area contributed by atoms with E-state index >= 15 is 0 Å². The van der Waals surface area contributed by atoms with Gasteiger partial charge < -0.3 is 20.1 Å². The van der Waals surface area contributed by atoms with Crippen molar-refractivity contribution in [2.75, 3.05) is 19.7 Å². The molecule has 0 aromatic carbocycles. The minimum absolute atomic E-state index is 0.0182. The molecule has 2 unspecified atom stereocenters. The van der Waals surface area contributed by atoms with Crippen LogP contribution in [0.2, 0.25) is 0 Å². The van der Waals surface area contributed by atoms with Crippen LogP contribution in [0.3, 0.4) is 0 Å². The highest BCUT2D eigenvalue weighted by molar-refractivity contribution is 5.81. The predicted molar refractivity (Wildman–Crippen MR) is 95.8 cm³/mol. The Morgan fingerprint density at radius 1 is 1.17 bits per heavy atom. The Kier molecular flexibility index (Phi) is 10.1. The average Bonchev–Trinajstić information content (AvgIpc) is 2.92. The van der Waals surface area contributed by atoms with Crippen LogP contribution in [0, 0.1) is 5.21 Å². The summed E-state index contributed by atoms with van der Waals surface area (Å²) in [7, 11) is 0. The Morgan fingerprint density at radius 3 is 2.29 bits per heavy atom. The van der Waals surface area contributed by atoms with E-state index in [1.807, 2.05) is 0 Å². The van der Waals surface area contributed by atoms with Crippen molar-refractivity contribution in [3.63, 3.8) is 0 Å². The van der Waals surface area contributed by atoms with Crippen LogP contribution < -0.4 is 0 Å². The van der Waals surface area contributed by atoms with Gasteiger partial charge in [0.2, 0.25) is 0 Å². The van der Waals surface area contributed by atoms with Crippen molar-refractivity contribution in [3.8, 4) is 0 Å². The van der Waals surface area contributed by atoms with Gasteiger partial charge in [-0.15, -0.1) is 0 Å². The number of hydrogen-bond acceptors (Lipinski definition) is 4. The topological polar surface area (TPSA) is 93.0 Å². The number of aliphatic hydroxyl groups is 1. The molecule has 6 heteroatoms. The van der Waals surface area contributed by atoms with Gasteiger partial charge in [-0.1, -0.05) is 58.3 Å². The second-order valence-corrected chi connectivity index (χ2v) is 6.76. The van der Waals surface area contributed by atoms with Crippen LogP contribution in [0.1, 0.15) is 77.6 Å². The summed E-state index contributed by atoms with van der Waals surface area (Å²) in [6.07, 6.45) is 11.4. The Labute approximate surface area is 145 Å². The van der Waals surface area contributed by atoms with Crippen LogP contribution in [-0.4, -0.2) is 52.4 Å². The van der Waals surface area contributed by atoms with Crippen molar-refractivity contribution in [3.05, 3.63) is 5.21 Å². The van der Waals surface area contributed by atoms with E-state index in [1.165, 1.54) is 38.5 Å². The molecule has 0 saturated heterocycles. The van der Waals surface area contributed by atoms with E-state index in [9.17, 15) is 15.1 Å². The van der Waals surface area contributed by atoms with Gasteiger partial charge in [-0.25, -0.2) is 9.79 Å². The summed E-state index contributed by atoms with van der Waals surface area (Å²) in [5.41, 5.74) is 0. The van der Waals surface area contributed by atoms with Crippen LogP contribution in [-0.2, 0) is 4.79 Å². The average molecular weight is 342 g/mol. The molecule has 1 aliphatic heterocycles. The first-order chi connectivity index (χ1) is 11.6. The van der Waals surface area contributed by atoms with E-state index in [1.54, 1.807) is 0 Å². The second-order valence-electron chi connectivity index (χ2n) is 6.76. The molecule has 0 spiro atoms. The molecule has 24 heavy (non-hydrogen) atoms. The molecule has 0 saturated carbocycles. The standard InChI is InChI=1S/C18H34N2O4/c1-2-3-4-5-6-7-8-9-10-11-17-19-13-14-20(17,24)16(12-15-21)18(22)23/h16,21H,2-15H2,1H3,(H,22,23). The van der Waals surface area contributed by atoms with Crippen molar-refractivity contribution in [1.29, 1.82) is 0 Å². The minimum Gasteiger partial charge on any atom is -0.626 e. The number of aliphatic hydroxyl groups excluding tert-OH is 1. The number of carboxylic acid groups (broad SMARTS) is 1. The highest BCUT2D eigenvalue weighted by Gasteiger charge is 2.41. The molecular weight excluding hydrogens is 308 g/mol. The Hall–Kier alpha value is -0.980. The van der Waals surface area contributed by atoms with Crippen LogP contribution in [0.5, 0.6) is 0 Å². The van der Waals surface area contributed by atoms with Crippen LogP contribution in [0.25, 0.3) is 0 Å².